The van der Waals surface area contributed by atoms with Crippen molar-refractivity contribution in [2.24, 2.45) is 0 Å². The maximum atomic E-state index is 12.9. The van der Waals surface area contributed by atoms with Crippen LogP contribution in [0.2, 0.25) is 5.02 Å². The fraction of sp³-hybridized carbons (Fsp3) is 0.0909. The van der Waals surface area contributed by atoms with Gasteiger partial charge in [-0.1, -0.05) is 35.9 Å². The number of carbonyl (C=O) groups excluding carboxylic acids is 2. The van der Waals surface area contributed by atoms with Crippen LogP contribution in [0.15, 0.2) is 72.8 Å². The fourth-order valence-corrected chi connectivity index (χ4v) is 2.75. The van der Waals surface area contributed by atoms with E-state index in [0.717, 1.165) is 5.56 Å². The van der Waals surface area contributed by atoms with Crippen molar-refractivity contribution in [3.8, 4) is 5.75 Å². The Morgan fingerprint density at radius 3 is 2.29 bits per heavy atom. The van der Waals surface area contributed by atoms with Crippen LogP contribution in [0.1, 0.15) is 22.3 Å². The first-order chi connectivity index (χ1) is 13.5. The van der Waals surface area contributed by atoms with E-state index in [2.05, 4.69) is 5.32 Å². The summed E-state index contributed by atoms with van der Waals surface area (Å²) in [4.78, 5) is 24.2. The fourth-order valence-electron chi connectivity index (χ4n) is 2.53. The third kappa shape index (κ3) is 5.41. The van der Waals surface area contributed by atoms with Crippen LogP contribution in [-0.2, 0) is 11.2 Å². The quantitative estimate of drug-likeness (QED) is 0.455. The molecule has 4 nitrogen and oxygen atoms in total. The first kappa shape index (κ1) is 19.6. The van der Waals surface area contributed by atoms with Crippen LogP contribution < -0.4 is 10.1 Å². The molecule has 0 aliphatic rings. The third-order valence-corrected chi connectivity index (χ3v) is 4.32. The van der Waals surface area contributed by atoms with E-state index in [1.807, 2.05) is 0 Å². The molecular weight excluding hydrogens is 381 g/mol. The summed E-state index contributed by atoms with van der Waals surface area (Å²) in [5.74, 6) is -0.653. The molecule has 0 fully saturated rings. The lowest BCUT2D eigenvalue weighted by Crippen LogP contribution is -2.12. The molecule has 28 heavy (non-hydrogen) atoms. The summed E-state index contributed by atoms with van der Waals surface area (Å²) in [6, 6.07) is 19.2. The molecule has 0 bridgehead atoms. The molecule has 0 unspecified atom stereocenters. The molecule has 0 saturated carbocycles. The Hall–Kier alpha value is -3.18. The standard InChI is InChI=1S/C22H17ClFNO3/c23-20-4-2-1-3-19(20)22(27)25-17-10-12-18(13-11-17)28-21(26)14-7-15-5-8-16(24)9-6-15/h1-6,8-13H,7,14H2,(H,25,27). The van der Waals surface area contributed by atoms with E-state index in [0.29, 0.717) is 28.4 Å². The lowest BCUT2D eigenvalue weighted by molar-refractivity contribution is -0.134. The monoisotopic (exact) mass is 397 g/mol. The zero-order chi connectivity index (χ0) is 19.9. The van der Waals surface area contributed by atoms with Gasteiger partial charge in [0, 0.05) is 12.1 Å². The number of halogens is 2. The molecule has 6 heteroatoms. The van der Waals surface area contributed by atoms with Gasteiger partial charge >= 0.3 is 5.97 Å². The van der Waals surface area contributed by atoms with Gasteiger partial charge in [-0.2, -0.15) is 0 Å². The van der Waals surface area contributed by atoms with E-state index in [9.17, 15) is 14.0 Å². The molecule has 3 aromatic rings. The highest BCUT2D eigenvalue weighted by molar-refractivity contribution is 6.34. The predicted octanol–water partition coefficient (Wildman–Crippen LogP) is 5.27. The summed E-state index contributed by atoms with van der Waals surface area (Å²) in [6.45, 7) is 0. The van der Waals surface area contributed by atoms with E-state index < -0.39 is 5.97 Å². The zero-order valence-electron chi connectivity index (χ0n) is 14.8. The molecule has 3 aromatic carbocycles. The highest BCUT2D eigenvalue weighted by Gasteiger charge is 2.10. The topological polar surface area (TPSA) is 55.4 Å². The zero-order valence-corrected chi connectivity index (χ0v) is 15.6. The highest BCUT2D eigenvalue weighted by Crippen LogP contribution is 2.20. The summed E-state index contributed by atoms with van der Waals surface area (Å²) < 4.78 is 18.2. The maximum Gasteiger partial charge on any atom is 0.311 e. The molecule has 0 aliphatic heterocycles. The first-order valence-electron chi connectivity index (χ1n) is 8.62. The van der Waals surface area contributed by atoms with E-state index in [1.54, 1.807) is 60.7 Å². The Morgan fingerprint density at radius 1 is 0.929 bits per heavy atom. The minimum atomic E-state index is -0.392. The molecule has 0 spiro atoms. The molecule has 1 N–H and O–H groups in total. The van der Waals surface area contributed by atoms with E-state index >= 15 is 0 Å². The SMILES string of the molecule is O=C(CCc1ccc(F)cc1)Oc1ccc(NC(=O)c2ccccc2Cl)cc1. The Labute approximate surface area is 166 Å². The third-order valence-electron chi connectivity index (χ3n) is 3.99. The van der Waals surface area contributed by atoms with Crippen LogP contribution in [0.3, 0.4) is 0 Å². The van der Waals surface area contributed by atoms with Gasteiger partial charge in [0.05, 0.1) is 10.6 Å². The van der Waals surface area contributed by atoms with Gasteiger partial charge in [-0.25, -0.2) is 4.39 Å². The minimum Gasteiger partial charge on any atom is -0.427 e. The van der Waals surface area contributed by atoms with E-state index in [4.69, 9.17) is 16.3 Å². The number of esters is 1. The summed E-state index contributed by atoms with van der Waals surface area (Å²) in [7, 11) is 0. The predicted molar refractivity (Wildman–Crippen MR) is 106 cm³/mol. The van der Waals surface area contributed by atoms with Gasteiger partial charge in [-0.05, 0) is 60.5 Å². The van der Waals surface area contributed by atoms with Crippen molar-refractivity contribution in [2.45, 2.75) is 12.8 Å². The summed E-state index contributed by atoms with van der Waals surface area (Å²) in [5.41, 5.74) is 1.78. The van der Waals surface area contributed by atoms with Crippen molar-refractivity contribution >= 4 is 29.2 Å². The van der Waals surface area contributed by atoms with Gasteiger partial charge in [0.2, 0.25) is 0 Å². The first-order valence-corrected chi connectivity index (χ1v) is 9.00. The average Bonchev–Trinajstić information content (AvgIpc) is 2.69. The molecule has 3 rings (SSSR count). The lowest BCUT2D eigenvalue weighted by Gasteiger charge is -2.08. The number of nitrogens with one attached hydrogen (secondary N) is 1. The minimum absolute atomic E-state index is 0.177. The number of hydrogen-bond acceptors (Lipinski definition) is 3. The highest BCUT2D eigenvalue weighted by atomic mass is 35.5. The van der Waals surface area contributed by atoms with Crippen molar-refractivity contribution in [2.75, 3.05) is 5.32 Å². The van der Waals surface area contributed by atoms with Crippen molar-refractivity contribution in [1.29, 1.82) is 0 Å². The summed E-state index contributed by atoms with van der Waals surface area (Å²) in [5, 5.41) is 3.10. The smallest absolute Gasteiger partial charge is 0.311 e. The summed E-state index contributed by atoms with van der Waals surface area (Å²) in [6.07, 6.45) is 0.641. The number of amides is 1. The number of hydrogen-bond donors (Lipinski definition) is 1. The Morgan fingerprint density at radius 2 is 1.61 bits per heavy atom. The largest absolute Gasteiger partial charge is 0.427 e. The lowest BCUT2D eigenvalue weighted by atomic mass is 10.1. The molecule has 0 radical (unpaired) electrons. The Kier molecular flexibility index (Phi) is 6.40. The van der Waals surface area contributed by atoms with Crippen molar-refractivity contribution < 1.29 is 18.7 Å². The molecule has 0 aliphatic carbocycles. The second-order valence-electron chi connectivity index (χ2n) is 6.06. The Bertz CT molecular complexity index is 972. The van der Waals surface area contributed by atoms with Crippen LogP contribution >= 0.6 is 11.6 Å². The number of rotatable bonds is 6. The van der Waals surface area contributed by atoms with Gasteiger partial charge < -0.3 is 10.1 Å². The van der Waals surface area contributed by atoms with Gasteiger partial charge in [0.25, 0.3) is 5.91 Å². The second kappa shape index (κ2) is 9.15. The Balaban J connectivity index is 1.52. The maximum absolute atomic E-state index is 12.9. The molecule has 1 amide bonds. The van der Waals surface area contributed by atoms with Crippen LogP contribution in [0.5, 0.6) is 5.75 Å². The van der Waals surface area contributed by atoms with Gasteiger partial charge in [0.1, 0.15) is 11.6 Å². The molecule has 0 aromatic heterocycles. The molecule has 0 atom stereocenters. The second-order valence-corrected chi connectivity index (χ2v) is 6.47. The molecule has 0 saturated heterocycles. The van der Waals surface area contributed by atoms with Crippen molar-refractivity contribution in [3.05, 3.63) is 94.8 Å². The van der Waals surface area contributed by atoms with Crippen molar-refractivity contribution in [1.82, 2.24) is 0 Å². The van der Waals surface area contributed by atoms with E-state index in [-0.39, 0.29) is 18.1 Å². The number of aryl methyl sites for hydroxylation is 1. The van der Waals surface area contributed by atoms with Gasteiger partial charge in [-0.15, -0.1) is 0 Å². The number of ether oxygens (including phenoxy) is 1. The van der Waals surface area contributed by atoms with Crippen LogP contribution in [0.4, 0.5) is 10.1 Å². The van der Waals surface area contributed by atoms with Gasteiger partial charge in [0.15, 0.2) is 0 Å². The van der Waals surface area contributed by atoms with E-state index in [1.165, 1.54) is 12.1 Å². The molecule has 142 valence electrons. The van der Waals surface area contributed by atoms with Gasteiger partial charge in [-0.3, -0.25) is 9.59 Å². The molecular formula is C22H17ClFNO3. The summed E-state index contributed by atoms with van der Waals surface area (Å²) >= 11 is 6.01. The average molecular weight is 398 g/mol. The van der Waals surface area contributed by atoms with Crippen molar-refractivity contribution in [3.63, 3.8) is 0 Å². The van der Waals surface area contributed by atoms with Crippen LogP contribution in [-0.4, -0.2) is 11.9 Å². The number of anilines is 1. The normalized spacial score (nSPS) is 10.4. The number of benzene rings is 3. The number of carbonyl (C=O) groups is 2. The van der Waals surface area contributed by atoms with Crippen LogP contribution in [0.25, 0.3) is 0 Å². The van der Waals surface area contributed by atoms with Crippen LogP contribution in [0, 0.1) is 5.82 Å². The molecule has 0 heterocycles.